The van der Waals surface area contributed by atoms with Crippen LogP contribution in [0.1, 0.15) is 5.69 Å². The summed E-state index contributed by atoms with van der Waals surface area (Å²) in [4.78, 5) is 0. The fourth-order valence-corrected chi connectivity index (χ4v) is 2.75. The number of benzene rings is 1. The average Bonchev–Trinajstić information content (AvgIpc) is 2.59. The molecule has 96 valence electrons. The van der Waals surface area contributed by atoms with Crippen LogP contribution in [0, 0.1) is 5.82 Å². The molecule has 0 saturated heterocycles. The van der Waals surface area contributed by atoms with Crippen LogP contribution in [0.3, 0.4) is 0 Å². The Labute approximate surface area is 118 Å². The van der Waals surface area contributed by atoms with Gasteiger partial charge >= 0.3 is 0 Å². The topological polar surface area (TPSA) is 43.8 Å². The second-order valence-electron chi connectivity index (χ2n) is 3.90. The number of rotatable bonds is 3. The van der Waals surface area contributed by atoms with Crippen LogP contribution in [0.5, 0.6) is 0 Å². The number of aromatic nitrogens is 2. The largest absolute Gasteiger partial charge is 0.330 e. The molecule has 0 aliphatic heterocycles. The minimum atomic E-state index is -0.430. The van der Waals surface area contributed by atoms with Gasteiger partial charge in [0.15, 0.2) is 0 Å². The Morgan fingerprint density at radius 1 is 1.50 bits per heavy atom. The summed E-state index contributed by atoms with van der Waals surface area (Å²) < 4.78 is 15.8. The summed E-state index contributed by atoms with van der Waals surface area (Å²) in [6.45, 7) is 0.527. The molecule has 0 radical (unpaired) electrons. The third kappa shape index (κ3) is 2.43. The van der Waals surface area contributed by atoms with E-state index < -0.39 is 5.82 Å². The molecule has 0 amide bonds. The molecule has 2 N–H and O–H groups in total. The first-order valence-corrected chi connectivity index (χ1v) is 6.58. The minimum Gasteiger partial charge on any atom is -0.330 e. The summed E-state index contributed by atoms with van der Waals surface area (Å²) in [6.07, 6.45) is 0.684. The lowest BCUT2D eigenvalue weighted by Gasteiger charge is -2.04. The molecule has 0 fully saturated rings. The Hall–Kier alpha value is -0.910. The van der Waals surface area contributed by atoms with Gasteiger partial charge < -0.3 is 5.73 Å². The second-order valence-corrected chi connectivity index (χ2v) is 5.10. The molecule has 3 nitrogen and oxygen atoms in total. The monoisotopic (exact) mass is 331 g/mol. The first-order chi connectivity index (χ1) is 8.54. The second kappa shape index (κ2) is 5.38. The summed E-state index contributed by atoms with van der Waals surface area (Å²) >= 11 is 9.30. The van der Waals surface area contributed by atoms with Crippen molar-refractivity contribution in [2.75, 3.05) is 6.54 Å². The van der Waals surface area contributed by atoms with Crippen molar-refractivity contribution in [3.63, 3.8) is 0 Å². The molecule has 1 heterocycles. The van der Waals surface area contributed by atoms with E-state index in [4.69, 9.17) is 17.3 Å². The normalized spacial score (nSPS) is 10.9. The standard InChI is InChI=1S/C12H12BrClFN3/c1-18-12(11(13)10(17-18)4-5-16)7-2-3-9(15)8(14)6-7/h2-3,6H,4-5,16H2,1H3. The fourth-order valence-electron chi connectivity index (χ4n) is 1.81. The van der Waals surface area contributed by atoms with E-state index in [-0.39, 0.29) is 5.02 Å². The number of hydrogen-bond acceptors (Lipinski definition) is 2. The lowest BCUT2D eigenvalue weighted by Crippen LogP contribution is -2.04. The zero-order valence-electron chi connectivity index (χ0n) is 9.75. The highest BCUT2D eigenvalue weighted by Crippen LogP contribution is 2.32. The molecule has 0 spiro atoms. The maximum absolute atomic E-state index is 13.2. The van der Waals surface area contributed by atoms with Crippen molar-refractivity contribution < 1.29 is 4.39 Å². The van der Waals surface area contributed by atoms with Gasteiger partial charge in [-0.25, -0.2) is 4.39 Å². The maximum atomic E-state index is 13.2. The van der Waals surface area contributed by atoms with Gasteiger partial charge in [-0.3, -0.25) is 4.68 Å². The van der Waals surface area contributed by atoms with Gasteiger partial charge in [-0.05, 0) is 40.7 Å². The van der Waals surface area contributed by atoms with Gasteiger partial charge in [0.1, 0.15) is 5.82 Å². The summed E-state index contributed by atoms with van der Waals surface area (Å²) in [5.74, 6) is -0.430. The Bertz CT molecular complexity index is 583. The third-order valence-electron chi connectivity index (χ3n) is 2.63. The van der Waals surface area contributed by atoms with Gasteiger partial charge in [0.2, 0.25) is 0 Å². The zero-order chi connectivity index (χ0) is 13.3. The summed E-state index contributed by atoms with van der Waals surface area (Å²) in [5, 5.41) is 4.48. The molecule has 2 aromatic rings. The molecule has 6 heteroatoms. The van der Waals surface area contributed by atoms with Gasteiger partial charge in [0, 0.05) is 19.0 Å². The van der Waals surface area contributed by atoms with E-state index >= 15 is 0 Å². The van der Waals surface area contributed by atoms with Crippen molar-refractivity contribution in [1.29, 1.82) is 0 Å². The van der Waals surface area contributed by atoms with Gasteiger partial charge in [-0.15, -0.1) is 0 Å². The molecule has 2 rings (SSSR count). The summed E-state index contributed by atoms with van der Waals surface area (Å²) in [7, 11) is 1.83. The molecule has 1 aromatic carbocycles. The first-order valence-electron chi connectivity index (χ1n) is 5.41. The minimum absolute atomic E-state index is 0.0981. The van der Waals surface area contributed by atoms with Crippen molar-refractivity contribution in [2.24, 2.45) is 12.8 Å². The van der Waals surface area contributed by atoms with E-state index in [1.54, 1.807) is 16.8 Å². The van der Waals surface area contributed by atoms with Gasteiger partial charge in [0.25, 0.3) is 0 Å². The molecule has 1 aromatic heterocycles. The Kier molecular flexibility index (Phi) is 4.04. The molecular formula is C12H12BrClFN3. The lowest BCUT2D eigenvalue weighted by molar-refractivity contribution is 0.628. The van der Waals surface area contributed by atoms with E-state index in [9.17, 15) is 4.39 Å². The van der Waals surface area contributed by atoms with Crippen molar-refractivity contribution in [2.45, 2.75) is 6.42 Å². The first kappa shape index (κ1) is 13.5. The molecule has 0 bridgehead atoms. The van der Waals surface area contributed by atoms with Crippen molar-refractivity contribution in [3.05, 3.63) is 39.2 Å². The van der Waals surface area contributed by atoms with Crippen LogP contribution < -0.4 is 5.73 Å². The number of aryl methyl sites for hydroxylation is 1. The summed E-state index contributed by atoms with van der Waals surface area (Å²) in [5.41, 5.74) is 8.09. The zero-order valence-corrected chi connectivity index (χ0v) is 12.1. The molecule has 0 saturated carbocycles. The number of hydrogen-bond donors (Lipinski definition) is 1. The molecule has 18 heavy (non-hydrogen) atoms. The predicted octanol–water partition coefficient (Wildman–Crippen LogP) is 3.14. The van der Waals surface area contributed by atoms with Crippen LogP contribution in [-0.4, -0.2) is 16.3 Å². The highest BCUT2D eigenvalue weighted by Gasteiger charge is 2.15. The Morgan fingerprint density at radius 3 is 2.83 bits per heavy atom. The Morgan fingerprint density at radius 2 is 2.22 bits per heavy atom. The van der Waals surface area contributed by atoms with E-state index in [0.29, 0.717) is 13.0 Å². The van der Waals surface area contributed by atoms with Crippen LogP contribution in [-0.2, 0) is 13.5 Å². The number of halogens is 3. The highest BCUT2D eigenvalue weighted by atomic mass is 79.9. The van der Waals surface area contributed by atoms with Crippen molar-refractivity contribution in [3.8, 4) is 11.3 Å². The van der Waals surface area contributed by atoms with E-state index in [0.717, 1.165) is 21.4 Å². The molecule has 0 aliphatic carbocycles. The summed E-state index contributed by atoms with van der Waals surface area (Å²) in [6, 6.07) is 4.61. The van der Waals surface area contributed by atoms with Crippen LogP contribution in [0.25, 0.3) is 11.3 Å². The van der Waals surface area contributed by atoms with E-state index in [1.807, 2.05) is 7.05 Å². The maximum Gasteiger partial charge on any atom is 0.141 e. The van der Waals surface area contributed by atoms with Crippen LogP contribution in [0.4, 0.5) is 4.39 Å². The molecule has 0 atom stereocenters. The molecule has 0 unspecified atom stereocenters. The van der Waals surface area contributed by atoms with Crippen LogP contribution in [0.15, 0.2) is 22.7 Å². The van der Waals surface area contributed by atoms with Gasteiger partial charge in [-0.2, -0.15) is 5.10 Å². The van der Waals surface area contributed by atoms with E-state index in [2.05, 4.69) is 21.0 Å². The Balaban J connectivity index is 2.53. The molecular weight excluding hydrogens is 321 g/mol. The average molecular weight is 333 g/mol. The molecule has 0 aliphatic rings. The van der Waals surface area contributed by atoms with Gasteiger partial charge in [0.05, 0.1) is 20.9 Å². The van der Waals surface area contributed by atoms with Crippen molar-refractivity contribution >= 4 is 27.5 Å². The quantitative estimate of drug-likeness (QED) is 0.938. The smallest absolute Gasteiger partial charge is 0.141 e. The van der Waals surface area contributed by atoms with E-state index in [1.165, 1.54) is 6.07 Å². The lowest BCUT2D eigenvalue weighted by atomic mass is 10.1. The van der Waals surface area contributed by atoms with Crippen molar-refractivity contribution in [1.82, 2.24) is 9.78 Å². The number of nitrogens with zero attached hydrogens (tertiary/aromatic N) is 2. The SMILES string of the molecule is Cn1nc(CCN)c(Br)c1-c1ccc(F)c(Cl)c1. The fraction of sp³-hybridized carbons (Fsp3) is 0.250. The third-order valence-corrected chi connectivity index (χ3v) is 3.75. The van der Waals surface area contributed by atoms with Crippen LogP contribution >= 0.6 is 27.5 Å². The highest BCUT2D eigenvalue weighted by molar-refractivity contribution is 9.10. The van der Waals surface area contributed by atoms with Gasteiger partial charge in [-0.1, -0.05) is 11.6 Å². The predicted molar refractivity (Wildman–Crippen MR) is 74.1 cm³/mol. The van der Waals surface area contributed by atoms with Crippen LogP contribution in [0.2, 0.25) is 5.02 Å². The number of nitrogens with two attached hydrogens (primary N) is 1.